The van der Waals surface area contributed by atoms with E-state index in [1.807, 2.05) is 0 Å². The van der Waals surface area contributed by atoms with Gasteiger partial charge in [0.2, 0.25) is 0 Å². The van der Waals surface area contributed by atoms with Gasteiger partial charge in [0.25, 0.3) is 0 Å². The first kappa shape index (κ1) is 46.6. The molecule has 0 amide bonds. The summed E-state index contributed by atoms with van der Waals surface area (Å²) in [6.07, 6.45) is 24.0. The Morgan fingerprint density at radius 2 is 0.319 bits per heavy atom. The standard InChI is InChI=1S/C38H78O9/c1-3-5-7-9-11-13-14-16-18-20-22-40-24-26-42-28-30-44-32-34-46-36-38-47-37-35-45-33-31-43-29-27-41-25-23-39-21-19-17-15-12-10-8-6-4-2/h3-38H2,1-2H3. The average Bonchev–Trinajstić information content (AvgIpc) is 3.08. The summed E-state index contributed by atoms with van der Waals surface area (Å²) in [7, 11) is 0. The molecule has 0 atom stereocenters. The van der Waals surface area contributed by atoms with Crippen LogP contribution < -0.4 is 0 Å². The summed E-state index contributed by atoms with van der Waals surface area (Å²) in [4.78, 5) is 0. The first-order valence-corrected chi connectivity index (χ1v) is 19.6. The smallest absolute Gasteiger partial charge is 0.0701 e. The van der Waals surface area contributed by atoms with Gasteiger partial charge >= 0.3 is 0 Å². The number of ether oxygens (including phenoxy) is 9. The van der Waals surface area contributed by atoms with E-state index in [0.717, 1.165) is 26.1 Å². The van der Waals surface area contributed by atoms with Gasteiger partial charge in [-0.15, -0.1) is 0 Å². The molecule has 284 valence electrons. The predicted octanol–water partition coefficient (Wildman–Crippen LogP) is 8.20. The van der Waals surface area contributed by atoms with Crippen LogP contribution in [0, 0.1) is 0 Å². The SMILES string of the molecule is CCCCCCCCCCCCOCCOCCOCCOCCOCCOCCOCCOCCOCCCCCCCCCC. The van der Waals surface area contributed by atoms with Gasteiger partial charge in [0.15, 0.2) is 0 Å². The summed E-state index contributed by atoms with van der Waals surface area (Å²) in [5, 5.41) is 0. The number of rotatable bonds is 44. The lowest BCUT2D eigenvalue weighted by molar-refractivity contribution is -0.0250. The molecule has 47 heavy (non-hydrogen) atoms. The van der Waals surface area contributed by atoms with Crippen LogP contribution in [-0.2, 0) is 42.6 Å². The van der Waals surface area contributed by atoms with Crippen LogP contribution in [0.3, 0.4) is 0 Å². The van der Waals surface area contributed by atoms with Gasteiger partial charge in [0, 0.05) is 13.2 Å². The molecule has 0 aromatic rings. The molecule has 0 aliphatic rings. The Bertz CT molecular complexity index is 483. The van der Waals surface area contributed by atoms with E-state index >= 15 is 0 Å². The van der Waals surface area contributed by atoms with Crippen LogP contribution in [0.5, 0.6) is 0 Å². The van der Waals surface area contributed by atoms with E-state index in [2.05, 4.69) is 13.8 Å². The minimum absolute atomic E-state index is 0.544. The van der Waals surface area contributed by atoms with E-state index in [9.17, 15) is 0 Å². The lowest BCUT2D eigenvalue weighted by Gasteiger charge is -2.09. The maximum atomic E-state index is 5.65. The highest BCUT2D eigenvalue weighted by molar-refractivity contribution is 4.48. The molecule has 0 aliphatic carbocycles. The molecule has 0 radical (unpaired) electrons. The van der Waals surface area contributed by atoms with Crippen molar-refractivity contribution in [2.24, 2.45) is 0 Å². The van der Waals surface area contributed by atoms with Crippen molar-refractivity contribution in [3.8, 4) is 0 Å². The topological polar surface area (TPSA) is 83.1 Å². The van der Waals surface area contributed by atoms with Gasteiger partial charge in [-0.2, -0.15) is 0 Å². The van der Waals surface area contributed by atoms with E-state index in [0.29, 0.717) is 106 Å². The summed E-state index contributed by atoms with van der Waals surface area (Å²) in [5.74, 6) is 0. The van der Waals surface area contributed by atoms with E-state index in [1.54, 1.807) is 0 Å². The van der Waals surface area contributed by atoms with Crippen molar-refractivity contribution in [1.29, 1.82) is 0 Å². The molecule has 0 aromatic heterocycles. The fourth-order valence-corrected chi connectivity index (χ4v) is 4.89. The highest BCUT2D eigenvalue weighted by atomic mass is 16.6. The van der Waals surface area contributed by atoms with Crippen LogP contribution in [0.15, 0.2) is 0 Å². The molecule has 0 aromatic carbocycles. The van der Waals surface area contributed by atoms with Crippen molar-refractivity contribution in [3.05, 3.63) is 0 Å². The minimum atomic E-state index is 0.544. The lowest BCUT2D eigenvalue weighted by Crippen LogP contribution is -2.15. The second-order valence-electron chi connectivity index (χ2n) is 12.2. The van der Waals surface area contributed by atoms with Crippen LogP contribution in [0.1, 0.15) is 129 Å². The minimum Gasteiger partial charge on any atom is -0.379 e. The molecule has 0 fully saturated rings. The van der Waals surface area contributed by atoms with Crippen LogP contribution in [0.4, 0.5) is 0 Å². The zero-order valence-corrected chi connectivity index (χ0v) is 31.1. The zero-order chi connectivity index (χ0) is 33.8. The summed E-state index contributed by atoms with van der Waals surface area (Å²) >= 11 is 0. The van der Waals surface area contributed by atoms with Gasteiger partial charge in [-0.1, -0.05) is 117 Å². The van der Waals surface area contributed by atoms with Crippen LogP contribution in [-0.4, -0.2) is 119 Å². The molecule has 0 saturated carbocycles. The van der Waals surface area contributed by atoms with Gasteiger partial charge in [0.1, 0.15) is 0 Å². The molecule has 0 unspecified atom stereocenters. The second kappa shape index (κ2) is 45.6. The lowest BCUT2D eigenvalue weighted by atomic mass is 10.1. The van der Waals surface area contributed by atoms with E-state index < -0.39 is 0 Å². The molecule has 0 saturated heterocycles. The third-order valence-corrected chi connectivity index (χ3v) is 7.76. The van der Waals surface area contributed by atoms with Gasteiger partial charge in [-0.05, 0) is 12.8 Å². The number of hydrogen-bond acceptors (Lipinski definition) is 9. The maximum Gasteiger partial charge on any atom is 0.0701 e. The van der Waals surface area contributed by atoms with Crippen molar-refractivity contribution in [2.75, 3.05) is 119 Å². The fourth-order valence-electron chi connectivity index (χ4n) is 4.89. The van der Waals surface area contributed by atoms with Crippen molar-refractivity contribution in [2.45, 2.75) is 129 Å². The molecule has 0 bridgehead atoms. The predicted molar refractivity (Wildman–Crippen MR) is 192 cm³/mol. The van der Waals surface area contributed by atoms with Crippen molar-refractivity contribution >= 4 is 0 Å². The van der Waals surface area contributed by atoms with Gasteiger partial charge < -0.3 is 42.6 Å². The van der Waals surface area contributed by atoms with E-state index in [-0.39, 0.29) is 0 Å². The Morgan fingerprint density at radius 3 is 0.511 bits per heavy atom. The van der Waals surface area contributed by atoms with Crippen LogP contribution in [0.25, 0.3) is 0 Å². The Morgan fingerprint density at radius 1 is 0.170 bits per heavy atom. The maximum absolute atomic E-state index is 5.65. The molecule has 9 heteroatoms. The third-order valence-electron chi connectivity index (χ3n) is 7.76. The molecule has 9 nitrogen and oxygen atoms in total. The highest BCUT2D eigenvalue weighted by Gasteiger charge is 1.97. The number of hydrogen-bond donors (Lipinski definition) is 0. The Labute approximate surface area is 290 Å². The van der Waals surface area contributed by atoms with Crippen molar-refractivity contribution in [1.82, 2.24) is 0 Å². The van der Waals surface area contributed by atoms with Gasteiger partial charge in [0.05, 0.1) is 106 Å². The summed E-state index contributed by atoms with van der Waals surface area (Å²) in [6.45, 7) is 15.5. The molecule has 0 heterocycles. The highest BCUT2D eigenvalue weighted by Crippen LogP contribution is 2.10. The van der Waals surface area contributed by atoms with Crippen molar-refractivity contribution < 1.29 is 42.6 Å². The van der Waals surface area contributed by atoms with Crippen molar-refractivity contribution in [3.63, 3.8) is 0 Å². The molecular weight excluding hydrogens is 600 g/mol. The van der Waals surface area contributed by atoms with E-state index in [1.165, 1.54) is 103 Å². The molecule has 0 rings (SSSR count). The average molecular weight is 679 g/mol. The Hall–Kier alpha value is -0.360. The first-order chi connectivity index (χ1) is 23.4. The first-order valence-electron chi connectivity index (χ1n) is 19.6. The quantitative estimate of drug-likeness (QED) is 0.0593. The molecular formula is C38H78O9. The van der Waals surface area contributed by atoms with Crippen LogP contribution >= 0.6 is 0 Å². The second-order valence-corrected chi connectivity index (χ2v) is 12.2. The largest absolute Gasteiger partial charge is 0.379 e. The molecule has 0 aliphatic heterocycles. The summed E-state index contributed by atoms with van der Waals surface area (Å²) in [5.41, 5.74) is 0. The summed E-state index contributed by atoms with van der Waals surface area (Å²) < 4.78 is 50.0. The Balaban J connectivity index is 3.03. The van der Waals surface area contributed by atoms with Crippen LogP contribution in [0.2, 0.25) is 0 Å². The van der Waals surface area contributed by atoms with E-state index in [4.69, 9.17) is 42.6 Å². The summed E-state index contributed by atoms with van der Waals surface area (Å²) in [6, 6.07) is 0. The normalized spacial score (nSPS) is 11.6. The third kappa shape index (κ3) is 45.6. The zero-order valence-electron chi connectivity index (χ0n) is 31.1. The van der Waals surface area contributed by atoms with Gasteiger partial charge in [-0.3, -0.25) is 0 Å². The van der Waals surface area contributed by atoms with Gasteiger partial charge in [-0.25, -0.2) is 0 Å². The Kier molecular flexibility index (Phi) is 45.3. The fraction of sp³-hybridized carbons (Fsp3) is 1.00. The molecule has 0 N–H and O–H groups in total. The molecule has 0 spiro atoms. The number of unbranched alkanes of at least 4 members (excludes halogenated alkanes) is 16. The monoisotopic (exact) mass is 679 g/mol.